The molecule has 1 aliphatic rings. The molecule has 0 saturated heterocycles. The van der Waals surface area contributed by atoms with Crippen molar-refractivity contribution in [2.24, 2.45) is 0 Å². The van der Waals surface area contributed by atoms with Crippen LogP contribution in [0.5, 0.6) is 11.5 Å². The molecule has 0 atom stereocenters. The van der Waals surface area contributed by atoms with E-state index in [2.05, 4.69) is 0 Å². The molecule has 2 rings (SSSR count). The van der Waals surface area contributed by atoms with E-state index < -0.39 is 0 Å². The Morgan fingerprint density at radius 3 is 1.69 bits per heavy atom. The minimum absolute atomic E-state index is 0. The molecule has 78 valence electrons. The van der Waals surface area contributed by atoms with E-state index in [0.717, 1.165) is 11.5 Å². The number of rotatable bonds is 0. The summed E-state index contributed by atoms with van der Waals surface area (Å²) in [6, 6.07) is 0. The summed E-state index contributed by atoms with van der Waals surface area (Å²) in [5, 5.41) is 3.91. The molecule has 0 aliphatic carbocycles. The van der Waals surface area contributed by atoms with Gasteiger partial charge in [-0.15, -0.1) is 11.3 Å². The van der Waals surface area contributed by atoms with Crippen molar-refractivity contribution in [3.63, 3.8) is 0 Å². The van der Waals surface area contributed by atoms with E-state index in [1.807, 2.05) is 10.8 Å². The van der Waals surface area contributed by atoms with Gasteiger partial charge in [0.05, 0.1) is 0 Å². The average Bonchev–Trinajstić information content (AvgIpc) is 2.33. The molecule has 1 aromatic heterocycles. The molecule has 0 unspecified atom stereocenters. The van der Waals surface area contributed by atoms with Crippen molar-refractivity contribution in [3.8, 4) is 11.5 Å². The van der Waals surface area contributed by atoms with E-state index in [1.165, 1.54) is 0 Å². The maximum absolute atomic E-state index is 5.25. The first-order valence-electron chi connectivity index (χ1n) is 2.78. The third-order valence-electron chi connectivity index (χ3n) is 1.19. The summed E-state index contributed by atoms with van der Waals surface area (Å²) in [7, 11) is 0. The maximum Gasteiger partial charge on any atom is 0.172 e. The molecule has 0 spiro atoms. The summed E-state index contributed by atoms with van der Waals surface area (Å²) < 4.78 is 10.5. The number of hydrogen-bond donors (Lipinski definition) is 0. The first-order valence-corrected chi connectivity index (χ1v) is 3.73. The van der Waals surface area contributed by atoms with E-state index in [4.69, 9.17) is 9.47 Å². The predicted molar refractivity (Wildman–Crippen MR) is 37.4 cm³/mol. The molecule has 0 saturated carbocycles. The van der Waals surface area contributed by atoms with Crippen LogP contribution in [0.4, 0.5) is 0 Å². The Labute approximate surface area is 93.9 Å². The molecule has 0 radical (unpaired) electrons. The van der Waals surface area contributed by atoms with Gasteiger partial charge in [-0.1, -0.05) is 0 Å². The largest absolute Gasteiger partial charge is 2.00 e. The molecule has 1 aromatic rings. The number of thiophene rings is 1. The van der Waals surface area contributed by atoms with Crippen LogP contribution in [0.3, 0.4) is 0 Å². The number of hydrogen-bond acceptors (Lipinski definition) is 3. The zero-order valence-corrected chi connectivity index (χ0v) is 9.25. The van der Waals surface area contributed by atoms with Gasteiger partial charge in [0.1, 0.15) is 13.2 Å². The molecular weight excluding hydrogens is 280 g/mol. The first kappa shape index (κ1) is 18.6. The van der Waals surface area contributed by atoms with Gasteiger partial charge < -0.3 is 25.9 Å². The summed E-state index contributed by atoms with van der Waals surface area (Å²) in [5.41, 5.74) is 0. The van der Waals surface area contributed by atoms with Crippen molar-refractivity contribution in [2.75, 3.05) is 13.2 Å². The SMILES string of the molecule is [Mo].[O-2].[O-2].[O-2].c1scc2c1OCCO2. The molecule has 1 aliphatic heterocycles. The number of fused-ring (bicyclic) bond motifs is 1. The van der Waals surface area contributed by atoms with Crippen molar-refractivity contribution in [3.05, 3.63) is 10.8 Å². The fourth-order valence-electron chi connectivity index (χ4n) is 0.787. The van der Waals surface area contributed by atoms with Crippen LogP contribution in [0.15, 0.2) is 10.8 Å². The van der Waals surface area contributed by atoms with Crippen LogP contribution in [0, 0.1) is 0 Å². The molecule has 0 bridgehead atoms. The topological polar surface area (TPSA) is 104 Å². The van der Waals surface area contributed by atoms with Crippen LogP contribution in [0.1, 0.15) is 0 Å². The monoisotopic (exact) mass is 288 g/mol. The van der Waals surface area contributed by atoms with Gasteiger partial charge in [-0.05, 0) is 0 Å². The summed E-state index contributed by atoms with van der Waals surface area (Å²) in [5.74, 6) is 1.79. The first-order chi connectivity index (χ1) is 4.47. The van der Waals surface area contributed by atoms with Crippen LogP contribution in [-0.4, -0.2) is 13.2 Å². The van der Waals surface area contributed by atoms with Gasteiger partial charge in [0.2, 0.25) is 0 Å². The number of ether oxygens (including phenoxy) is 2. The standard InChI is InChI=1S/C6H6O2S.Mo.3O/c1-2-8-6-4-9-3-5(6)7-1;;;;/h3-4H,1-2H2;;;;/q;;3*-2. The van der Waals surface area contributed by atoms with Gasteiger partial charge in [-0.25, -0.2) is 0 Å². The van der Waals surface area contributed by atoms with Gasteiger partial charge in [0.15, 0.2) is 11.5 Å². The molecular formula is C6H6MoO5S-6. The molecule has 0 N–H and O–H groups in total. The molecule has 13 heavy (non-hydrogen) atoms. The van der Waals surface area contributed by atoms with Gasteiger partial charge in [-0.2, -0.15) is 0 Å². The zero-order chi connectivity index (χ0) is 6.10. The van der Waals surface area contributed by atoms with Gasteiger partial charge in [0.25, 0.3) is 0 Å². The Hall–Kier alpha value is -0.132. The van der Waals surface area contributed by atoms with Crippen molar-refractivity contribution in [1.29, 1.82) is 0 Å². The van der Waals surface area contributed by atoms with Crippen LogP contribution < -0.4 is 9.47 Å². The van der Waals surface area contributed by atoms with E-state index in [-0.39, 0.29) is 37.5 Å². The van der Waals surface area contributed by atoms with Crippen LogP contribution >= 0.6 is 11.3 Å². The smallest absolute Gasteiger partial charge is 0.172 e. The average molecular weight is 286 g/mol. The quantitative estimate of drug-likeness (QED) is 0.668. The van der Waals surface area contributed by atoms with Crippen LogP contribution in [0.25, 0.3) is 0 Å². The summed E-state index contributed by atoms with van der Waals surface area (Å²) in [6.45, 7) is 1.37. The van der Waals surface area contributed by atoms with Crippen molar-refractivity contribution >= 4 is 11.3 Å². The van der Waals surface area contributed by atoms with Crippen LogP contribution in [-0.2, 0) is 37.5 Å². The molecule has 0 amide bonds. The Bertz CT molecular complexity index is 196. The van der Waals surface area contributed by atoms with Crippen molar-refractivity contribution in [1.82, 2.24) is 0 Å². The zero-order valence-electron chi connectivity index (χ0n) is 6.43. The second kappa shape index (κ2) is 8.47. The van der Waals surface area contributed by atoms with Gasteiger partial charge in [-0.3, -0.25) is 0 Å². The second-order valence-corrected chi connectivity index (χ2v) is 2.54. The van der Waals surface area contributed by atoms with E-state index in [0.29, 0.717) is 13.2 Å². The fourth-order valence-corrected chi connectivity index (χ4v) is 1.47. The third kappa shape index (κ3) is 4.06. The molecule has 7 heteroatoms. The minimum atomic E-state index is 0. The normalized spacial score (nSPS) is 10.8. The summed E-state index contributed by atoms with van der Waals surface area (Å²) >= 11 is 1.61. The Kier molecular flexibility index (Phi) is 12.1. The second-order valence-electron chi connectivity index (χ2n) is 1.80. The summed E-state index contributed by atoms with van der Waals surface area (Å²) in [6.07, 6.45) is 0. The predicted octanol–water partition coefficient (Wildman–Crippen LogP) is 1.16. The maximum atomic E-state index is 5.25. The Morgan fingerprint density at radius 1 is 0.923 bits per heavy atom. The Morgan fingerprint density at radius 2 is 1.31 bits per heavy atom. The van der Waals surface area contributed by atoms with E-state index in [1.54, 1.807) is 11.3 Å². The van der Waals surface area contributed by atoms with E-state index in [9.17, 15) is 0 Å². The molecule has 0 aromatic carbocycles. The van der Waals surface area contributed by atoms with Gasteiger partial charge >= 0.3 is 0 Å². The van der Waals surface area contributed by atoms with Crippen molar-refractivity contribution < 1.29 is 47.0 Å². The fraction of sp³-hybridized carbons (Fsp3) is 0.333. The Balaban J connectivity index is -0.000000250. The van der Waals surface area contributed by atoms with E-state index >= 15 is 0 Å². The minimum Gasteiger partial charge on any atom is -2.00 e. The molecule has 2 heterocycles. The van der Waals surface area contributed by atoms with Crippen molar-refractivity contribution in [2.45, 2.75) is 0 Å². The molecule has 0 fully saturated rings. The third-order valence-corrected chi connectivity index (χ3v) is 1.89. The van der Waals surface area contributed by atoms with Gasteiger partial charge in [0, 0.05) is 31.8 Å². The van der Waals surface area contributed by atoms with Crippen LogP contribution in [0.2, 0.25) is 0 Å². The summed E-state index contributed by atoms with van der Waals surface area (Å²) in [4.78, 5) is 0. The molecule has 5 nitrogen and oxygen atoms in total.